The highest BCUT2D eigenvalue weighted by atomic mass is 32.2. The van der Waals surface area contributed by atoms with Gasteiger partial charge < -0.3 is 14.7 Å². The fraction of sp³-hybridized carbons (Fsp3) is 0.379. The van der Waals surface area contributed by atoms with Gasteiger partial charge in [0.2, 0.25) is 10.0 Å². The zero-order valence-electron chi connectivity index (χ0n) is 22.8. The number of hydrogen-bond acceptors (Lipinski definition) is 7. The number of ether oxygens (including phenoxy) is 1. The van der Waals surface area contributed by atoms with Gasteiger partial charge in [-0.05, 0) is 56.0 Å². The number of carboxylic acid groups (broad SMARTS) is 1. The molecule has 1 aliphatic carbocycles. The van der Waals surface area contributed by atoms with E-state index in [2.05, 4.69) is 5.32 Å². The molecule has 1 aliphatic heterocycles. The molecule has 1 aromatic heterocycles. The van der Waals surface area contributed by atoms with Gasteiger partial charge in [0.25, 0.3) is 0 Å². The van der Waals surface area contributed by atoms with Gasteiger partial charge in [0.05, 0.1) is 18.0 Å². The fourth-order valence-corrected chi connectivity index (χ4v) is 8.33. The summed E-state index contributed by atoms with van der Waals surface area (Å²) in [6.07, 6.45) is 4.21. The Balaban J connectivity index is 1.66. The van der Waals surface area contributed by atoms with Crippen LogP contribution >= 0.6 is 11.3 Å². The predicted octanol–water partition coefficient (Wildman–Crippen LogP) is 6.54. The second kappa shape index (κ2) is 11.8. The SMILES string of the molecule is CCOC(=O)Nc1cc(-c2cc3c(cc2F)N(c2ccccc2)C[C@@H](C2CCCCC2)N(C)S3(=O)=O)sc1C(=O)O. The molecule has 1 saturated carbocycles. The molecule has 1 amide bonds. The Morgan fingerprint density at radius 1 is 1.12 bits per heavy atom. The number of rotatable bonds is 6. The minimum atomic E-state index is -4.07. The predicted molar refractivity (Wildman–Crippen MR) is 156 cm³/mol. The molecule has 9 nitrogen and oxygen atoms in total. The van der Waals surface area contributed by atoms with Gasteiger partial charge in [-0.25, -0.2) is 22.4 Å². The molecule has 3 aromatic rings. The number of aromatic carboxylic acids is 1. The normalized spacial score (nSPS) is 19.3. The Morgan fingerprint density at radius 2 is 1.83 bits per heavy atom. The highest BCUT2D eigenvalue weighted by molar-refractivity contribution is 7.89. The summed E-state index contributed by atoms with van der Waals surface area (Å²) >= 11 is 0.740. The quantitative estimate of drug-likeness (QED) is 0.330. The summed E-state index contributed by atoms with van der Waals surface area (Å²) in [5.41, 5.74) is 0.836. The van der Waals surface area contributed by atoms with E-state index in [0.29, 0.717) is 6.54 Å². The van der Waals surface area contributed by atoms with E-state index >= 15 is 4.39 Å². The Kier molecular flexibility index (Phi) is 8.35. The van der Waals surface area contributed by atoms with Gasteiger partial charge in [-0.2, -0.15) is 4.31 Å². The number of carbonyl (C=O) groups excluding carboxylic acids is 1. The molecule has 2 aromatic carbocycles. The molecule has 5 rings (SSSR count). The zero-order valence-corrected chi connectivity index (χ0v) is 24.4. The topological polar surface area (TPSA) is 116 Å². The van der Waals surface area contributed by atoms with Crippen molar-refractivity contribution in [2.24, 2.45) is 5.92 Å². The summed E-state index contributed by atoms with van der Waals surface area (Å²) in [4.78, 5) is 25.6. The number of fused-ring (bicyclic) bond motifs is 1. The van der Waals surface area contributed by atoms with Crippen LogP contribution in [-0.4, -0.2) is 56.1 Å². The molecule has 0 bridgehead atoms. The van der Waals surface area contributed by atoms with Crippen LogP contribution in [0, 0.1) is 11.7 Å². The van der Waals surface area contributed by atoms with E-state index < -0.39 is 27.9 Å². The maximum atomic E-state index is 15.9. The number of anilines is 3. The molecule has 12 heteroatoms. The van der Waals surface area contributed by atoms with Crippen LogP contribution in [0.25, 0.3) is 10.4 Å². The highest BCUT2D eigenvalue weighted by Crippen LogP contribution is 2.45. The Bertz CT molecular complexity index is 1550. The van der Waals surface area contributed by atoms with Gasteiger partial charge in [-0.1, -0.05) is 37.5 Å². The van der Waals surface area contributed by atoms with Gasteiger partial charge in [0, 0.05) is 35.8 Å². The molecule has 0 spiro atoms. The molecule has 0 saturated heterocycles. The number of likely N-dealkylation sites (N-methyl/N-ethyl adjacent to an activating group) is 1. The van der Waals surface area contributed by atoms with E-state index in [1.54, 1.807) is 14.0 Å². The lowest BCUT2D eigenvalue weighted by Crippen LogP contribution is -2.46. The van der Waals surface area contributed by atoms with E-state index in [4.69, 9.17) is 4.74 Å². The third-order valence-electron chi connectivity index (χ3n) is 7.80. The van der Waals surface area contributed by atoms with E-state index in [-0.39, 0.29) is 50.2 Å². The molecule has 0 radical (unpaired) electrons. The van der Waals surface area contributed by atoms with Crippen LogP contribution in [0.3, 0.4) is 0 Å². The first-order valence-corrected chi connectivity index (χ1v) is 15.8. The van der Waals surface area contributed by atoms with Gasteiger partial charge in [0.15, 0.2) is 0 Å². The number of para-hydroxylation sites is 1. The van der Waals surface area contributed by atoms with Crippen molar-refractivity contribution in [1.82, 2.24) is 4.31 Å². The lowest BCUT2D eigenvalue weighted by Gasteiger charge is -2.36. The fourth-order valence-electron chi connectivity index (χ4n) is 5.75. The van der Waals surface area contributed by atoms with Crippen LogP contribution in [0.2, 0.25) is 0 Å². The Labute approximate surface area is 242 Å². The first-order valence-electron chi connectivity index (χ1n) is 13.6. The number of benzene rings is 2. The first-order chi connectivity index (χ1) is 19.6. The number of hydrogen-bond donors (Lipinski definition) is 2. The summed E-state index contributed by atoms with van der Waals surface area (Å²) in [5.74, 6) is -1.86. The smallest absolute Gasteiger partial charge is 0.411 e. The summed E-state index contributed by atoms with van der Waals surface area (Å²) in [5, 5.41) is 12.1. The standard InChI is InChI=1S/C29H32FN3O6S2/c1-3-39-29(36)31-22-16-25(40-27(22)28(34)35)20-14-26-23(15-21(20)30)33(19-12-8-5-9-13-19)17-24(32(2)41(26,37)38)18-10-6-4-7-11-18/h5,8-9,12-16,18,24H,3-4,6-7,10-11,17H2,1-2H3,(H,31,36)(H,34,35)/t24-/m0/s1. The zero-order chi connectivity index (χ0) is 29.3. The Morgan fingerprint density at radius 3 is 2.49 bits per heavy atom. The number of nitrogens with one attached hydrogen (secondary N) is 1. The molecule has 1 fully saturated rings. The minimum absolute atomic E-state index is 0.0615. The Hall–Kier alpha value is -3.48. The van der Waals surface area contributed by atoms with Crippen LogP contribution in [0.1, 0.15) is 48.7 Å². The molecule has 41 heavy (non-hydrogen) atoms. The molecule has 2 aliphatic rings. The van der Waals surface area contributed by atoms with Gasteiger partial charge in [0.1, 0.15) is 15.6 Å². The van der Waals surface area contributed by atoms with Crippen molar-refractivity contribution < 1.29 is 32.2 Å². The number of halogens is 1. The van der Waals surface area contributed by atoms with E-state index in [9.17, 15) is 23.1 Å². The van der Waals surface area contributed by atoms with Crippen LogP contribution < -0.4 is 10.2 Å². The maximum absolute atomic E-state index is 15.9. The first kappa shape index (κ1) is 29.0. The van der Waals surface area contributed by atoms with Gasteiger partial charge >= 0.3 is 12.1 Å². The summed E-state index contributed by atoms with van der Waals surface area (Å²) in [6.45, 7) is 2.05. The van der Waals surface area contributed by atoms with Crippen molar-refractivity contribution in [1.29, 1.82) is 0 Å². The summed E-state index contributed by atoms with van der Waals surface area (Å²) < 4.78 is 50.5. The number of thiophene rings is 1. The lowest BCUT2D eigenvalue weighted by atomic mass is 9.83. The van der Waals surface area contributed by atoms with E-state index in [0.717, 1.165) is 49.1 Å². The third-order valence-corrected chi connectivity index (χ3v) is 10.9. The van der Waals surface area contributed by atoms with E-state index in [1.807, 2.05) is 35.2 Å². The average molecular weight is 602 g/mol. The van der Waals surface area contributed by atoms with Crippen molar-refractivity contribution >= 4 is 50.5 Å². The number of amides is 1. The van der Waals surface area contributed by atoms with Crippen molar-refractivity contribution in [2.45, 2.75) is 50.0 Å². The summed E-state index contributed by atoms with van der Waals surface area (Å²) in [6, 6.07) is 12.8. The largest absolute Gasteiger partial charge is 0.477 e. The van der Waals surface area contributed by atoms with Crippen LogP contribution in [0.4, 0.5) is 26.2 Å². The second-order valence-electron chi connectivity index (χ2n) is 10.2. The van der Waals surface area contributed by atoms with Crippen molar-refractivity contribution in [3.8, 4) is 10.4 Å². The lowest BCUT2D eigenvalue weighted by molar-refractivity contribution is 0.0703. The minimum Gasteiger partial charge on any atom is -0.477 e. The van der Waals surface area contributed by atoms with Crippen LogP contribution in [0.15, 0.2) is 53.4 Å². The molecule has 218 valence electrons. The highest BCUT2D eigenvalue weighted by Gasteiger charge is 2.41. The van der Waals surface area contributed by atoms with E-state index in [1.165, 1.54) is 22.5 Å². The van der Waals surface area contributed by atoms with Gasteiger partial charge in [-0.15, -0.1) is 11.3 Å². The third kappa shape index (κ3) is 5.68. The molecular weight excluding hydrogens is 569 g/mol. The molecule has 2 N–H and O–H groups in total. The number of carboxylic acids is 1. The molecule has 1 atom stereocenters. The molecular formula is C29H32FN3O6S2. The van der Waals surface area contributed by atoms with Crippen molar-refractivity contribution in [2.75, 3.05) is 30.4 Å². The van der Waals surface area contributed by atoms with Crippen molar-refractivity contribution in [3.63, 3.8) is 0 Å². The number of carbonyl (C=O) groups is 2. The van der Waals surface area contributed by atoms with Gasteiger partial charge in [-0.3, -0.25) is 5.32 Å². The molecule has 0 unspecified atom stereocenters. The van der Waals surface area contributed by atoms with Crippen LogP contribution in [0.5, 0.6) is 0 Å². The molecule has 2 heterocycles. The maximum Gasteiger partial charge on any atom is 0.411 e. The van der Waals surface area contributed by atoms with Crippen LogP contribution in [-0.2, 0) is 14.8 Å². The summed E-state index contributed by atoms with van der Waals surface area (Å²) in [7, 11) is -2.48. The monoisotopic (exact) mass is 601 g/mol. The second-order valence-corrected chi connectivity index (χ2v) is 13.3. The van der Waals surface area contributed by atoms with Crippen molar-refractivity contribution in [3.05, 3.63) is 59.2 Å². The number of sulfonamides is 1. The average Bonchev–Trinajstić information content (AvgIpc) is 3.34. The number of nitrogens with zero attached hydrogens (tertiary/aromatic N) is 2.